The largest absolute Gasteiger partial charge is 0.406 e. The van der Waals surface area contributed by atoms with Gasteiger partial charge in [-0.25, -0.2) is 4.98 Å². The van der Waals surface area contributed by atoms with Gasteiger partial charge in [0.1, 0.15) is 18.5 Å². The summed E-state index contributed by atoms with van der Waals surface area (Å²) < 4.78 is 41.5. The number of aliphatic hydroxyl groups is 1. The van der Waals surface area contributed by atoms with Gasteiger partial charge in [-0.05, 0) is 48.6 Å². The highest BCUT2D eigenvalue weighted by molar-refractivity contribution is 6.02. The summed E-state index contributed by atoms with van der Waals surface area (Å²) in [6.45, 7) is 0.327. The molecule has 0 atom stereocenters. The predicted molar refractivity (Wildman–Crippen MR) is 125 cm³/mol. The van der Waals surface area contributed by atoms with Crippen LogP contribution < -0.4 is 11.3 Å². The van der Waals surface area contributed by atoms with Crippen molar-refractivity contribution < 1.29 is 18.3 Å². The topological polar surface area (TPSA) is 99.0 Å². The summed E-state index contributed by atoms with van der Waals surface area (Å²) in [5.74, 6) is 0. The van der Waals surface area contributed by atoms with Gasteiger partial charge in [0, 0.05) is 30.5 Å². The molecule has 10 heteroatoms. The van der Waals surface area contributed by atoms with Crippen LogP contribution in [0.2, 0.25) is 0 Å². The first-order valence-electron chi connectivity index (χ1n) is 11.1. The zero-order valence-corrected chi connectivity index (χ0v) is 19.2. The molecular formula is C25H24F3N5O2. The number of hydrogen-bond acceptors (Lipinski definition) is 5. The van der Waals surface area contributed by atoms with Gasteiger partial charge in [-0.15, -0.1) is 0 Å². The van der Waals surface area contributed by atoms with Crippen molar-refractivity contribution in [2.24, 2.45) is 12.8 Å². The number of nitrogens with zero attached hydrogens (tertiary/aromatic N) is 4. The lowest BCUT2D eigenvalue weighted by Crippen LogP contribution is -2.58. The number of aryl methyl sites for hydroxylation is 1. The molecule has 4 aromatic rings. The first-order chi connectivity index (χ1) is 16.4. The third-order valence-electron chi connectivity index (χ3n) is 6.60. The van der Waals surface area contributed by atoms with E-state index in [4.69, 9.17) is 5.73 Å². The molecule has 5 rings (SSSR count). The zero-order valence-electron chi connectivity index (χ0n) is 19.2. The van der Waals surface area contributed by atoms with Gasteiger partial charge in [0.15, 0.2) is 0 Å². The van der Waals surface area contributed by atoms with E-state index in [0.29, 0.717) is 34.2 Å². The molecule has 0 spiro atoms. The highest BCUT2D eigenvalue weighted by Gasteiger charge is 2.49. The van der Waals surface area contributed by atoms with Crippen LogP contribution in [0.4, 0.5) is 13.2 Å². The zero-order chi connectivity index (χ0) is 25.2. The van der Waals surface area contributed by atoms with Crippen molar-refractivity contribution in [3.05, 3.63) is 71.0 Å². The molecule has 1 aliphatic carbocycles. The maximum atomic E-state index is 13.2. The van der Waals surface area contributed by atoms with Gasteiger partial charge in [-0.2, -0.15) is 13.2 Å². The van der Waals surface area contributed by atoms with E-state index in [9.17, 15) is 23.1 Å². The van der Waals surface area contributed by atoms with Crippen LogP contribution in [0.1, 0.15) is 25.3 Å². The lowest BCUT2D eigenvalue weighted by atomic mass is 9.63. The average Bonchev–Trinajstić information content (AvgIpc) is 3.07. The number of hydrogen-bond donors (Lipinski definition) is 2. The van der Waals surface area contributed by atoms with Crippen molar-refractivity contribution in [2.75, 3.05) is 0 Å². The highest BCUT2D eigenvalue weighted by atomic mass is 19.4. The lowest BCUT2D eigenvalue weighted by molar-refractivity contribution is -0.141. The first kappa shape index (κ1) is 23.3. The van der Waals surface area contributed by atoms with E-state index in [1.165, 1.54) is 0 Å². The van der Waals surface area contributed by atoms with Crippen LogP contribution in [-0.2, 0) is 19.1 Å². The molecular weight excluding hydrogens is 459 g/mol. The fourth-order valence-electron chi connectivity index (χ4n) is 5.26. The maximum absolute atomic E-state index is 13.2. The number of fused-ring (bicyclic) bond motifs is 1. The van der Waals surface area contributed by atoms with E-state index >= 15 is 0 Å². The minimum Gasteiger partial charge on any atom is -0.390 e. The second-order valence-electron chi connectivity index (χ2n) is 9.59. The smallest absolute Gasteiger partial charge is 0.390 e. The molecule has 1 fully saturated rings. The summed E-state index contributed by atoms with van der Waals surface area (Å²) in [7, 11) is 1.73. The van der Waals surface area contributed by atoms with Gasteiger partial charge in [0.2, 0.25) is 0 Å². The number of halogens is 3. The summed E-state index contributed by atoms with van der Waals surface area (Å²) in [5, 5.41) is 10.3. The minimum atomic E-state index is -4.56. The van der Waals surface area contributed by atoms with Gasteiger partial charge < -0.3 is 15.4 Å². The van der Waals surface area contributed by atoms with Crippen molar-refractivity contribution >= 4 is 11.0 Å². The predicted octanol–water partition coefficient (Wildman–Crippen LogP) is 3.73. The van der Waals surface area contributed by atoms with E-state index in [0.717, 1.165) is 17.5 Å². The quantitative estimate of drug-likeness (QED) is 0.461. The molecule has 3 heterocycles. The molecule has 3 aromatic heterocycles. The number of pyridine rings is 1. The Kier molecular flexibility index (Phi) is 5.15. The Morgan fingerprint density at radius 1 is 1.09 bits per heavy atom. The number of aromatic nitrogens is 4. The second-order valence-corrected chi connectivity index (χ2v) is 9.59. The van der Waals surface area contributed by atoms with Crippen LogP contribution in [-0.4, -0.2) is 36.0 Å². The van der Waals surface area contributed by atoms with Gasteiger partial charge >= 0.3 is 6.18 Å². The van der Waals surface area contributed by atoms with Gasteiger partial charge in [0.25, 0.3) is 5.56 Å². The molecule has 0 radical (unpaired) electrons. The Morgan fingerprint density at radius 2 is 1.71 bits per heavy atom. The minimum absolute atomic E-state index is 0.106. The highest BCUT2D eigenvalue weighted by Crippen LogP contribution is 2.47. The molecule has 0 amide bonds. The summed E-state index contributed by atoms with van der Waals surface area (Å²) in [5.41, 5.74) is 7.96. The molecule has 1 aromatic carbocycles. The fourth-order valence-corrected chi connectivity index (χ4v) is 5.26. The number of rotatable bonds is 4. The Bertz CT molecular complexity index is 1460. The molecule has 0 bridgehead atoms. The fraction of sp³-hybridized carbons (Fsp3) is 0.320. The Hall–Kier alpha value is -3.50. The molecule has 0 unspecified atom stereocenters. The molecule has 35 heavy (non-hydrogen) atoms. The Balaban J connectivity index is 1.70. The number of alkyl halides is 3. The van der Waals surface area contributed by atoms with Crippen LogP contribution in [0.3, 0.4) is 0 Å². The monoisotopic (exact) mass is 483 g/mol. The average molecular weight is 483 g/mol. The van der Waals surface area contributed by atoms with Gasteiger partial charge in [-0.3, -0.25) is 14.3 Å². The Labute approximate surface area is 198 Å². The SMILES string of the molecule is Cn1c(-c2ccc([C@]3(N)C[C@](C)(O)C3)cc2)c(-c2ccncc2)c2c(=O)n(CC(F)(F)F)cnc21. The van der Waals surface area contributed by atoms with Crippen LogP contribution in [0.15, 0.2) is 59.9 Å². The molecule has 1 saturated carbocycles. The lowest BCUT2D eigenvalue weighted by Gasteiger charge is -2.49. The van der Waals surface area contributed by atoms with Crippen molar-refractivity contribution in [3.8, 4) is 22.4 Å². The van der Waals surface area contributed by atoms with Crippen LogP contribution >= 0.6 is 0 Å². The molecule has 3 N–H and O–H groups in total. The molecule has 0 saturated heterocycles. The summed E-state index contributed by atoms with van der Waals surface area (Å²) in [6, 6.07) is 10.9. The first-order valence-corrected chi connectivity index (χ1v) is 11.1. The summed E-state index contributed by atoms with van der Waals surface area (Å²) in [6.07, 6.45) is 0.380. The van der Waals surface area contributed by atoms with Crippen molar-refractivity contribution in [1.29, 1.82) is 0 Å². The van der Waals surface area contributed by atoms with Crippen LogP contribution in [0.25, 0.3) is 33.4 Å². The van der Waals surface area contributed by atoms with Crippen LogP contribution in [0, 0.1) is 0 Å². The van der Waals surface area contributed by atoms with Crippen molar-refractivity contribution in [1.82, 2.24) is 19.1 Å². The molecule has 1 aliphatic rings. The Morgan fingerprint density at radius 3 is 2.29 bits per heavy atom. The van der Waals surface area contributed by atoms with E-state index in [1.54, 1.807) is 43.1 Å². The third-order valence-corrected chi connectivity index (χ3v) is 6.60. The molecule has 182 valence electrons. The number of nitrogens with two attached hydrogens (primary N) is 1. The van der Waals surface area contributed by atoms with Gasteiger partial charge in [0.05, 0.1) is 16.7 Å². The van der Waals surface area contributed by atoms with E-state index in [2.05, 4.69) is 9.97 Å². The normalized spacial score (nSPS) is 22.4. The van der Waals surface area contributed by atoms with Crippen molar-refractivity contribution in [2.45, 2.75) is 43.6 Å². The number of benzene rings is 1. The van der Waals surface area contributed by atoms with Gasteiger partial charge in [-0.1, -0.05) is 24.3 Å². The van der Waals surface area contributed by atoms with E-state index in [1.807, 2.05) is 24.3 Å². The van der Waals surface area contributed by atoms with E-state index < -0.39 is 29.4 Å². The molecule has 0 aliphatic heterocycles. The third kappa shape index (κ3) is 4.02. The summed E-state index contributed by atoms with van der Waals surface area (Å²) in [4.78, 5) is 21.5. The summed E-state index contributed by atoms with van der Waals surface area (Å²) >= 11 is 0. The van der Waals surface area contributed by atoms with Crippen molar-refractivity contribution in [3.63, 3.8) is 0 Å². The maximum Gasteiger partial charge on any atom is 0.406 e. The van der Waals surface area contributed by atoms with E-state index in [-0.39, 0.29) is 11.0 Å². The standard InChI is InChI=1S/C25H24F3N5O2/c1-23(35)11-24(29,12-23)17-5-3-16(4-6-17)20-18(15-7-9-30-10-8-15)19-21(32(20)2)31-14-33(22(19)34)13-25(26,27)28/h3-10,14,35H,11-13,29H2,1-2H3/t23-,24-. The van der Waals surface area contributed by atoms with Crippen LogP contribution in [0.5, 0.6) is 0 Å². The second kappa shape index (κ2) is 7.76. The molecule has 7 nitrogen and oxygen atoms in total.